The minimum absolute atomic E-state index is 0.00946. The molecule has 2 nitrogen and oxygen atoms in total. The van der Waals surface area contributed by atoms with Gasteiger partial charge in [0.15, 0.2) is 0 Å². The maximum absolute atomic E-state index is 2.81. The largest absolute Gasteiger partial charge is 0.311 e. The van der Waals surface area contributed by atoms with Crippen LogP contribution in [0, 0.1) is 13.8 Å². The monoisotopic (exact) mass is 911 g/mol. The topological polar surface area (TPSA) is 6.48 Å². The lowest BCUT2D eigenvalue weighted by molar-refractivity contribution is 0.331. The lowest BCUT2D eigenvalue weighted by Gasteiger charge is -2.48. The fraction of sp³-hybridized carbons (Fsp3) is 0.556. The van der Waals surface area contributed by atoms with Crippen LogP contribution in [0.25, 0.3) is 0 Å². The number of thiophene rings is 1. The first-order valence-corrected chi connectivity index (χ1v) is 27.4. The van der Waals surface area contributed by atoms with Gasteiger partial charge < -0.3 is 9.80 Å². The molecule has 1 aromatic heterocycles. The van der Waals surface area contributed by atoms with E-state index in [1.54, 1.807) is 26.3 Å². The number of unbranched alkanes of at least 4 members (excludes halogenated alkanes) is 1. The van der Waals surface area contributed by atoms with E-state index in [0.717, 1.165) is 6.42 Å². The molecule has 0 N–H and O–H groups in total. The number of nitrogens with zero attached hydrogens (tertiary/aromatic N) is 2. The Morgan fingerprint density at radius 2 is 1.03 bits per heavy atom. The standard InChI is InChI=1S/C63H83BN2S/c1-19-21-24-63(17,18)53-52(20-2)67-56-55(53)65(40-22-23-41-43(34-40)59(9,10)26-25-57(41,5)6)50-31-38(3)32-51-54(50)64(56)47-35-44-46(62(15,16)30-28-60(44,11)12)37-49(47)66(51)48-36-45-42(33-39(48)4)58(7,8)27-29-61(45,13)14/h22-23,31-37H,19-21,24-30H2,1-18H3. The molecule has 4 aromatic carbocycles. The molecular weight excluding hydrogens is 828 g/mol. The molecule has 0 fully saturated rings. The van der Waals surface area contributed by atoms with Gasteiger partial charge in [-0.15, -0.1) is 0 Å². The Morgan fingerprint density at radius 1 is 0.552 bits per heavy atom. The van der Waals surface area contributed by atoms with E-state index in [1.807, 2.05) is 0 Å². The summed E-state index contributed by atoms with van der Waals surface area (Å²) in [6.45, 7) is 44.8. The SMILES string of the molecule is CCCCC(C)(C)c1c(CC)sc2c1N(c1ccc3c(c1)C(C)(C)CCC3(C)C)c1cc(C)cc3c1B2c1cc2c(cc1N3c1cc3c(cc1C)C(C)(C)CCC3(C)C)C(C)(C)CCC2(C)C. The van der Waals surface area contributed by atoms with E-state index >= 15 is 0 Å². The predicted molar refractivity (Wildman–Crippen MR) is 296 cm³/mol. The van der Waals surface area contributed by atoms with E-state index in [0.29, 0.717) is 0 Å². The molecule has 5 aliphatic rings. The smallest absolute Gasteiger partial charge is 0.264 e. The summed E-state index contributed by atoms with van der Waals surface area (Å²) < 4.78 is 1.55. The second-order valence-electron chi connectivity index (χ2n) is 26.9. The van der Waals surface area contributed by atoms with Crippen LogP contribution in [0.5, 0.6) is 0 Å². The summed E-state index contributed by atoms with van der Waals surface area (Å²) in [6, 6.07) is 23.6. The highest BCUT2D eigenvalue weighted by molar-refractivity contribution is 7.29. The van der Waals surface area contributed by atoms with E-state index in [4.69, 9.17) is 0 Å². The van der Waals surface area contributed by atoms with Crippen molar-refractivity contribution in [1.29, 1.82) is 0 Å². The third kappa shape index (κ3) is 7.03. The van der Waals surface area contributed by atoms with Crippen molar-refractivity contribution in [3.63, 3.8) is 0 Å². The molecule has 0 unspecified atom stereocenters. The van der Waals surface area contributed by atoms with Crippen molar-refractivity contribution in [1.82, 2.24) is 0 Å². The fourth-order valence-corrected chi connectivity index (χ4v) is 15.5. The zero-order valence-electron chi connectivity index (χ0n) is 45.1. The Morgan fingerprint density at radius 3 is 1.57 bits per heavy atom. The molecule has 0 saturated carbocycles. The second kappa shape index (κ2) is 15.1. The van der Waals surface area contributed by atoms with Gasteiger partial charge in [0.05, 0.1) is 5.69 Å². The van der Waals surface area contributed by atoms with Crippen LogP contribution < -0.4 is 25.5 Å². The summed E-state index contributed by atoms with van der Waals surface area (Å²) in [4.78, 5) is 7.17. The Bertz CT molecular complexity index is 2860. The summed E-state index contributed by atoms with van der Waals surface area (Å²) in [5.74, 6) is 0. The van der Waals surface area contributed by atoms with Crippen molar-refractivity contribution in [3.05, 3.63) is 110 Å². The third-order valence-electron chi connectivity index (χ3n) is 18.7. The molecule has 0 saturated heterocycles. The fourth-order valence-electron chi connectivity index (χ4n) is 13.9. The molecule has 0 bridgehead atoms. The number of aryl methyl sites for hydroxylation is 3. The third-order valence-corrected chi connectivity index (χ3v) is 20.1. The van der Waals surface area contributed by atoms with E-state index < -0.39 is 0 Å². The number of anilines is 6. The van der Waals surface area contributed by atoms with Crippen LogP contribution >= 0.6 is 11.3 Å². The molecule has 4 heteroatoms. The maximum atomic E-state index is 2.81. The van der Waals surface area contributed by atoms with Gasteiger partial charge in [0.1, 0.15) is 0 Å². The first-order valence-electron chi connectivity index (χ1n) is 26.6. The van der Waals surface area contributed by atoms with Crippen molar-refractivity contribution >= 4 is 67.9 Å². The van der Waals surface area contributed by atoms with Crippen LogP contribution in [-0.4, -0.2) is 6.71 Å². The normalized spacial score (nSPS) is 20.9. The molecule has 0 atom stereocenters. The van der Waals surface area contributed by atoms with Crippen molar-refractivity contribution < 1.29 is 0 Å². The second-order valence-corrected chi connectivity index (χ2v) is 28.1. The van der Waals surface area contributed by atoms with Gasteiger partial charge in [-0.1, -0.05) is 142 Å². The summed E-state index contributed by atoms with van der Waals surface area (Å²) >= 11 is 2.15. The van der Waals surface area contributed by atoms with Crippen LogP contribution in [0.2, 0.25) is 0 Å². The van der Waals surface area contributed by atoms with E-state index in [-0.39, 0.29) is 44.6 Å². The van der Waals surface area contributed by atoms with Gasteiger partial charge in [-0.25, -0.2) is 0 Å². The lowest BCUT2D eigenvalue weighted by Crippen LogP contribution is -2.61. The Labute approximate surface area is 411 Å². The van der Waals surface area contributed by atoms with E-state index in [9.17, 15) is 0 Å². The molecule has 354 valence electrons. The first kappa shape index (κ1) is 46.9. The average molecular weight is 911 g/mol. The summed E-state index contributed by atoms with van der Waals surface area (Å²) in [6.07, 6.45) is 11.9. The van der Waals surface area contributed by atoms with E-state index in [1.165, 1.54) is 136 Å². The van der Waals surface area contributed by atoms with Gasteiger partial charge >= 0.3 is 0 Å². The van der Waals surface area contributed by atoms with Gasteiger partial charge in [0, 0.05) is 38.1 Å². The molecule has 0 spiro atoms. The molecule has 5 aromatic rings. The molecule has 3 heterocycles. The minimum atomic E-state index is 0.00946. The highest BCUT2D eigenvalue weighted by Gasteiger charge is 2.50. The summed E-state index contributed by atoms with van der Waals surface area (Å²) in [5, 5.41) is 0. The van der Waals surface area contributed by atoms with Crippen LogP contribution in [0.4, 0.5) is 34.1 Å². The lowest BCUT2D eigenvalue weighted by atomic mass is 9.35. The summed E-state index contributed by atoms with van der Waals surface area (Å²) in [5.41, 5.74) is 25.4. The van der Waals surface area contributed by atoms with Gasteiger partial charge in [0.25, 0.3) is 6.71 Å². The van der Waals surface area contributed by atoms with Crippen molar-refractivity contribution in [2.45, 2.75) is 227 Å². The molecular formula is C63H83BN2S. The van der Waals surface area contributed by atoms with E-state index in [2.05, 4.69) is 200 Å². The molecule has 67 heavy (non-hydrogen) atoms. The summed E-state index contributed by atoms with van der Waals surface area (Å²) in [7, 11) is 0. The molecule has 0 radical (unpaired) electrons. The predicted octanol–water partition coefficient (Wildman–Crippen LogP) is 16.5. The Hall–Kier alpha value is -3.76. The Kier molecular flexibility index (Phi) is 10.6. The van der Waals surface area contributed by atoms with Gasteiger partial charge in [-0.05, 0) is 201 Å². The van der Waals surface area contributed by atoms with Crippen molar-refractivity contribution in [3.8, 4) is 0 Å². The molecule has 2 aliphatic heterocycles. The van der Waals surface area contributed by atoms with Gasteiger partial charge in [0.2, 0.25) is 0 Å². The van der Waals surface area contributed by atoms with Crippen LogP contribution in [-0.2, 0) is 44.3 Å². The Balaban J connectivity index is 1.35. The molecule has 0 amide bonds. The van der Waals surface area contributed by atoms with Gasteiger partial charge in [-0.2, -0.15) is 11.3 Å². The highest BCUT2D eigenvalue weighted by atomic mass is 32.1. The number of hydrogen-bond acceptors (Lipinski definition) is 3. The number of benzene rings is 4. The van der Waals surface area contributed by atoms with Crippen molar-refractivity contribution in [2.75, 3.05) is 9.80 Å². The number of fused-ring (bicyclic) bond motifs is 7. The zero-order chi connectivity index (χ0) is 48.3. The quantitative estimate of drug-likeness (QED) is 0.147. The van der Waals surface area contributed by atoms with Crippen LogP contribution in [0.1, 0.15) is 224 Å². The van der Waals surface area contributed by atoms with Gasteiger partial charge in [-0.3, -0.25) is 0 Å². The van der Waals surface area contributed by atoms with Crippen molar-refractivity contribution in [2.24, 2.45) is 0 Å². The highest BCUT2D eigenvalue weighted by Crippen LogP contribution is 2.56. The van der Waals surface area contributed by atoms with Crippen LogP contribution in [0.15, 0.2) is 54.6 Å². The van der Waals surface area contributed by atoms with Crippen LogP contribution in [0.3, 0.4) is 0 Å². The molecule has 3 aliphatic carbocycles. The average Bonchev–Trinajstić information content (AvgIpc) is 3.65. The number of hydrogen-bond donors (Lipinski definition) is 0. The zero-order valence-corrected chi connectivity index (χ0v) is 46.0. The molecule has 10 rings (SSSR count). The minimum Gasteiger partial charge on any atom is -0.311 e. The maximum Gasteiger partial charge on any atom is 0.264 e. The number of rotatable bonds is 7. The first-order chi connectivity index (χ1) is 31.2.